The Kier molecular flexibility index (Phi) is 6.04. The van der Waals surface area contributed by atoms with Gasteiger partial charge in [0, 0.05) is 50.6 Å². The molecule has 0 aliphatic carbocycles. The lowest BCUT2D eigenvalue weighted by molar-refractivity contribution is -0.128. The molecule has 6 heteroatoms. The molecule has 25 heavy (non-hydrogen) atoms. The zero-order chi connectivity index (χ0) is 17.5. The standard InChI is InChI=1S/C19H23N3O3/c23-18(7-6-16-4-2-1-3-5-16)20-17-14-19(24)22(15-17)9-8-21-10-12-25-13-11-21/h1-5,17H,8-15H2,(H,20,23)/t17-/m0/s1. The molecule has 2 aliphatic heterocycles. The maximum atomic E-state index is 12.1. The largest absolute Gasteiger partial charge is 0.379 e. The van der Waals surface area contributed by atoms with Crippen molar-refractivity contribution in [1.82, 2.24) is 15.1 Å². The summed E-state index contributed by atoms with van der Waals surface area (Å²) in [5.41, 5.74) is 0.798. The number of ether oxygens (including phenoxy) is 1. The number of carbonyl (C=O) groups excluding carboxylic acids is 2. The maximum Gasteiger partial charge on any atom is 0.296 e. The molecule has 1 atom stereocenters. The van der Waals surface area contributed by atoms with Crippen LogP contribution in [0.2, 0.25) is 0 Å². The Hall–Kier alpha value is -2.36. The van der Waals surface area contributed by atoms with Crippen molar-refractivity contribution in [3.63, 3.8) is 0 Å². The molecule has 2 fully saturated rings. The first-order valence-electron chi connectivity index (χ1n) is 8.66. The maximum absolute atomic E-state index is 12.1. The van der Waals surface area contributed by atoms with E-state index in [1.165, 1.54) is 0 Å². The van der Waals surface area contributed by atoms with Crippen LogP contribution in [0.4, 0.5) is 0 Å². The Labute approximate surface area is 148 Å². The molecule has 0 unspecified atom stereocenters. The average molecular weight is 341 g/mol. The summed E-state index contributed by atoms with van der Waals surface area (Å²) in [6.45, 7) is 5.44. The molecule has 2 aliphatic rings. The van der Waals surface area contributed by atoms with E-state index in [9.17, 15) is 9.59 Å². The van der Waals surface area contributed by atoms with E-state index in [-0.39, 0.29) is 17.9 Å². The van der Waals surface area contributed by atoms with Crippen LogP contribution in [0.5, 0.6) is 0 Å². The van der Waals surface area contributed by atoms with Gasteiger partial charge in [0.1, 0.15) is 0 Å². The smallest absolute Gasteiger partial charge is 0.296 e. The molecule has 6 nitrogen and oxygen atoms in total. The molecule has 2 amide bonds. The topological polar surface area (TPSA) is 61.9 Å². The fourth-order valence-corrected chi connectivity index (χ4v) is 3.04. The number of nitrogens with one attached hydrogen (secondary N) is 1. The number of morpholine rings is 1. The van der Waals surface area contributed by atoms with Gasteiger partial charge < -0.3 is 15.0 Å². The monoisotopic (exact) mass is 341 g/mol. The molecule has 0 radical (unpaired) electrons. The van der Waals surface area contributed by atoms with Gasteiger partial charge in [0.15, 0.2) is 0 Å². The minimum atomic E-state index is -0.336. The van der Waals surface area contributed by atoms with Gasteiger partial charge in [-0.25, -0.2) is 0 Å². The SMILES string of the molecule is O=C(C#Cc1ccccc1)N[C@H]1CC(=O)N(CCN2CCOCC2)C1. The van der Waals surface area contributed by atoms with Crippen LogP contribution < -0.4 is 5.32 Å². The lowest BCUT2D eigenvalue weighted by Crippen LogP contribution is -2.42. The molecule has 1 N–H and O–H groups in total. The first-order chi connectivity index (χ1) is 12.2. The van der Waals surface area contributed by atoms with E-state index < -0.39 is 0 Å². The van der Waals surface area contributed by atoms with Gasteiger partial charge in [0.05, 0.1) is 19.3 Å². The number of likely N-dealkylation sites (tertiary alicyclic amines) is 1. The van der Waals surface area contributed by atoms with Crippen molar-refractivity contribution in [2.75, 3.05) is 45.9 Å². The summed E-state index contributed by atoms with van der Waals surface area (Å²) in [5.74, 6) is 5.17. The first-order valence-corrected chi connectivity index (χ1v) is 8.66. The minimum Gasteiger partial charge on any atom is -0.379 e. The normalized spacial score (nSPS) is 20.9. The van der Waals surface area contributed by atoms with Crippen LogP contribution in [0.3, 0.4) is 0 Å². The van der Waals surface area contributed by atoms with Gasteiger partial charge >= 0.3 is 0 Å². The van der Waals surface area contributed by atoms with Gasteiger partial charge in [-0.1, -0.05) is 24.1 Å². The molecule has 2 saturated heterocycles. The Morgan fingerprint density at radius 3 is 2.72 bits per heavy atom. The molecular weight excluding hydrogens is 318 g/mol. The summed E-state index contributed by atoms with van der Waals surface area (Å²) in [4.78, 5) is 28.2. The second-order valence-corrected chi connectivity index (χ2v) is 6.28. The quantitative estimate of drug-likeness (QED) is 0.789. The third kappa shape index (κ3) is 5.31. The first kappa shape index (κ1) is 17.5. The van der Waals surface area contributed by atoms with Crippen molar-refractivity contribution in [3.8, 4) is 11.8 Å². The lowest BCUT2D eigenvalue weighted by Gasteiger charge is -2.28. The predicted molar refractivity (Wildman–Crippen MR) is 93.7 cm³/mol. The van der Waals surface area contributed by atoms with Crippen LogP contribution in [-0.2, 0) is 14.3 Å². The fourth-order valence-electron chi connectivity index (χ4n) is 3.04. The van der Waals surface area contributed by atoms with Gasteiger partial charge in [0.25, 0.3) is 5.91 Å². The number of hydrogen-bond acceptors (Lipinski definition) is 4. The van der Waals surface area contributed by atoms with Crippen molar-refractivity contribution in [1.29, 1.82) is 0 Å². The van der Waals surface area contributed by atoms with E-state index in [1.54, 1.807) is 0 Å². The molecule has 1 aromatic carbocycles. The Bertz CT molecular complexity index is 659. The number of hydrogen-bond donors (Lipinski definition) is 1. The average Bonchev–Trinajstić information content (AvgIpc) is 2.99. The van der Waals surface area contributed by atoms with E-state index >= 15 is 0 Å². The number of rotatable bonds is 4. The lowest BCUT2D eigenvalue weighted by atomic mass is 10.2. The summed E-state index contributed by atoms with van der Waals surface area (Å²) >= 11 is 0. The Balaban J connectivity index is 1.44. The fraction of sp³-hybridized carbons (Fsp3) is 0.474. The van der Waals surface area contributed by atoms with Gasteiger partial charge in [-0.15, -0.1) is 0 Å². The second-order valence-electron chi connectivity index (χ2n) is 6.28. The van der Waals surface area contributed by atoms with Crippen LogP contribution in [0.25, 0.3) is 0 Å². The zero-order valence-corrected chi connectivity index (χ0v) is 14.2. The highest BCUT2D eigenvalue weighted by molar-refractivity contribution is 5.95. The highest BCUT2D eigenvalue weighted by atomic mass is 16.5. The summed E-state index contributed by atoms with van der Waals surface area (Å²) in [6.07, 6.45) is 0.349. The van der Waals surface area contributed by atoms with E-state index in [0.29, 0.717) is 19.5 Å². The summed E-state index contributed by atoms with van der Waals surface area (Å²) < 4.78 is 5.33. The summed E-state index contributed by atoms with van der Waals surface area (Å²) in [6, 6.07) is 9.21. The van der Waals surface area contributed by atoms with Crippen molar-refractivity contribution in [2.24, 2.45) is 0 Å². The Morgan fingerprint density at radius 1 is 1.20 bits per heavy atom. The summed E-state index contributed by atoms with van der Waals surface area (Å²) in [7, 11) is 0. The molecule has 0 saturated carbocycles. The zero-order valence-electron chi connectivity index (χ0n) is 14.2. The highest BCUT2D eigenvalue weighted by Gasteiger charge is 2.30. The molecule has 3 rings (SSSR count). The van der Waals surface area contributed by atoms with E-state index in [2.05, 4.69) is 22.1 Å². The molecule has 0 bridgehead atoms. The molecular formula is C19H23N3O3. The number of carbonyl (C=O) groups is 2. The van der Waals surface area contributed by atoms with Crippen molar-refractivity contribution < 1.29 is 14.3 Å². The third-order valence-electron chi connectivity index (χ3n) is 4.43. The van der Waals surface area contributed by atoms with Gasteiger partial charge in [-0.3, -0.25) is 14.5 Å². The second kappa shape index (κ2) is 8.65. The van der Waals surface area contributed by atoms with E-state index in [0.717, 1.165) is 38.4 Å². The molecule has 132 valence electrons. The molecule has 0 aromatic heterocycles. The Morgan fingerprint density at radius 2 is 1.96 bits per heavy atom. The van der Waals surface area contributed by atoms with Gasteiger partial charge in [-0.05, 0) is 12.1 Å². The highest BCUT2D eigenvalue weighted by Crippen LogP contribution is 2.11. The number of benzene rings is 1. The van der Waals surface area contributed by atoms with E-state index in [1.807, 2.05) is 35.2 Å². The predicted octanol–water partition coefficient (Wildman–Crippen LogP) is 0.0874. The van der Waals surface area contributed by atoms with Crippen LogP contribution >= 0.6 is 0 Å². The van der Waals surface area contributed by atoms with Crippen molar-refractivity contribution >= 4 is 11.8 Å². The van der Waals surface area contributed by atoms with Crippen molar-refractivity contribution in [3.05, 3.63) is 35.9 Å². The van der Waals surface area contributed by atoms with Gasteiger partial charge in [0.2, 0.25) is 5.91 Å². The minimum absolute atomic E-state index is 0.0922. The van der Waals surface area contributed by atoms with Crippen LogP contribution in [-0.4, -0.2) is 73.6 Å². The van der Waals surface area contributed by atoms with Crippen LogP contribution in [0, 0.1) is 11.8 Å². The van der Waals surface area contributed by atoms with Crippen LogP contribution in [0.15, 0.2) is 30.3 Å². The van der Waals surface area contributed by atoms with Crippen molar-refractivity contribution in [2.45, 2.75) is 12.5 Å². The summed E-state index contributed by atoms with van der Waals surface area (Å²) in [5, 5.41) is 2.84. The number of amides is 2. The molecule has 2 heterocycles. The van der Waals surface area contributed by atoms with Gasteiger partial charge in [-0.2, -0.15) is 0 Å². The number of nitrogens with zero attached hydrogens (tertiary/aromatic N) is 2. The molecule has 0 spiro atoms. The molecule has 1 aromatic rings. The van der Waals surface area contributed by atoms with E-state index in [4.69, 9.17) is 4.74 Å². The third-order valence-corrected chi connectivity index (χ3v) is 4.43. The van der Waals surface area contributed by atoms with Crippen LogP contribution in [0.1, 0.15) is 12.0 Å².